The molecule has 0 aliphatic heterocycles. The molecule has 0 saturated carbocycles. The van der Waals surface area contributed by atoms with E-state index in [4.69, 9.17) is 14.4 Å². The van der Waals surface area contributed by atoms with Crippen LogP contribution in [0.3, 0.4) is 0 Å². The van der Waals surface area contributed by atoms with E-state index in [2.05, 4.69) is 106 Å². The van der Waals surface area contributed by atoms with Crippen LogP contribution in [0.1, 0.15) is 61.9 Å². The monoisotopic (exact) mass is 473 g/mol. The van der Waals surface area contributed by atoms with Crippen molar-refractivity contribution in [2.24, 2.45) is 0 Å². The summed E-state index contributed by atoms with van der Waals surface area (Å²) in [5, 5.41) is 2.15. The van der Waals surface area contributed by atoms with Crippen molar-refractivity contribution in [3.8, 4) is 17.1 Å². The third kappa shape index (κ3) is 3.35. The number of aryl methyl sites for hydroxylation is 2. The number of imidazole rings is 1. The molecule has 0 saturated heterocycles. The van der Waals surface area contributed by atoms with Crippen LogP contribution in [-0.2, 0) is 0 Å². The van der Waals surface area contributed by atoms with Crippen molar-refractivity contribution in [2.45, 2.75) is 53.4 Å². The molecule has 0 unspecified atom stereocenters. The Hall–Kier alpha value is -3.92. The highest BCUT2D eigenvalue weighted by Crippen LogP contribution is 2.41. The highest BCUT2D eigenvalue weighted by molar-refractivity contribution is 6.10. The zero-order valence-corrected chi connectivity index (χ0v) is 21.8. The molecule has 6 aromatic rings. The van der Waals surface area contributed by atoms with Gasteiger partial charge in [-0.25, -0.2) is 9.97 Å². The van der Waals surface area contributed by atoms with Crippen LogP contribution in [0.15, 0.2) is 71.1 Å². The molecule has 0 fully saturated rings. The Kier molecular flexibility index (Phi) is 5.22. The Bertz CT molecular complexity index is 1740. The molecule has 3 aromatic heterocycles. The first-order chi connectivity index (χ1) is 17.3. The highest BCUT2D eigenvalue weighted by atomic mass is 16.3. The van der Waals surface area contributed by atoms with Gasteiger partial charge in [0.25, 0.3) is 0 Å². The van der Waals surface area contributed by atoms with Crippen LogP contribution in [-0.4, -0.2) is 14.5 Å². The van der Waals surface area contributed by atoms with E-state index in [-0.39, 0.29) is 0 Å². The molecule has 4 nitrogen and oxygen atoms in total. The zero-order valence-electron chi connectivity index (χ0n) is 21.8. The zero-order chi connectivity index (χ0) is 25.1. The van der Waals surface area contributed by atoms with Crippen molar-refractivity contribution in [3.05, 3.63) is 89.1 Å². The van der Waals surface area contributed by atoms with E-state index in [1.165, 1.54) is 22.4 Å². The SMILES string of the molecule is Cc1cc(C)c2c(n1)oc1c(-c3nc4ccccc4n3-c3c(C(C)C)cccc3C(C)C)cccc12. The highest BCUT2D eigenvalue weighted by Gasteiger charge is 2.24. The minimum absolute atomic E-state index is 0.365. The number of hydrogen-bond donors (Lipinski definition) is 0. The predicted molar refractivity (Wildman–Crippen MR) is 149 cm³/mol. The Morgan fingerprint density at radius 1 is 0.778 bits per heavy atom. The number of nitrogens with zero attached hydrogens (tertiary/aromatic N) is 3. The van der Waals surface area contributed by atoms with Gasteiger partial charge in [0.1, 0.15) is 11.4 Å². The molecule has 3 heterocycles. The summed E-state index contributed by atoms with van der Waals surface area (Å²) in [5.74, 6) is 1.62. The molecule has 0 amide bonds. The maximum atomic E-state index is 6.48. The summed E-state index contributed by atoms with van der Waals surface area (Å²) in [5.41, 5.74) is 10.6. The van der Waals surface area contributed by atoms with Crippen LogP contribution in [0.5, 0.6) is 0 Å². The van der Waals surface area contributed by atoms with Crippen molar-refractivity contribution < 1.29 is 4.42 Å². The van der Waals surface area contributed by atoms with Crippen molar-refractivity contribution in [2.75, 3.05) is 0 Å². The van der Waals surface area contributed by atoms with E-state index >= 15 is 0 Å². The van der Waals surface area contributed by atoms with Gasteiger partial charge in [-0.3, -0.25) is 4.57 Å². The maximum absolute atomic E-state index is 6.48. The lowest BCUT2D eigenvalue weighted by Gasteiger charge is -2.22. The number of hydrogen-bond acceptors (Lipinski definition) is 3. The van der Waals surface area contributed by atoms with E-state index in [0.29, 0.717) is 17.5 Å². The minimum atomic E-state index is 0.365. The lowest BCUT2D eigenvalue weighted by atomic mass is 9.92. The third-order valence-electron chi connectivity index (χ3n) is 7.16. The van der Waals surface area contributed by atoms with Gasteiger partial charge in [-0.2, -0.15) is 0 Å². The van der Waals surface area contributed by atoms with E-state index in [1.54, 1.807) is 0 Å². The number of benzene rings is 3. The van der Waals surface area contributed by atoms with E-state index in [0.717, 1.165) is 44.5 Å². The summed E-state index contributed by atoms with van der Waals surface area (Å²) >= 11 is 0. The molecule has 6 rings (SSSR count). The van der Waals surface area contributed by atoms with Gasteiger partial charge in [0.15, 0.2) is 0 Å². The molecule has 0 N–H and O–H groups in total. The maximum Gasteiger partial charge on any atom is 0.227 e. The molecule has 0 aliphatic rings. The Balaban J connectivity index is 1.77. The summed E-state index contributed by atoms with van der Waals surface area (Å²) in [6, 6.07) is 23.6. The number of furan rings is 1. The molecule has 3 aromatic carbocycles. The van der Waals surface area contributed by atoms with Crippen LogP contribution in [0.4, 0.5) is 0 Å². The van der Waals surface area contributed by atoms with Crippen molar-refractivity contribution >= 4 is 33.1 Å². The third-order valence-corrected chi connectivity index (χ3v) is 7.16. The molecule has 0 aliphatic carbocycles. The van der Waals surface area contributed by atoms with Crippen LogP contribution < -0.4 is 0 Å². The Morgan fingerprint density at radius 2 is 1.47 bits per heavy atom. The van der Waals surface area contributed by atoms with Crippen LogP contribution in [0.25, 0.3) is 50.2 Å². The van der Waals surface area contributed by atoms with Crippen LogP contribution in [0, 0.1) is 13.8 Å². The molecule has 0 bridgehead atoms. The summed E-state index contributed by atoms with van der Waals surface area (Å²) in [6.45, 7) is 13.2. The van der Waals surface area contributed by atoms with Crippen molar-refractivity contribution in [1.82, 2.24) is 14.5 Å². The fourth-order valence-corrected chi connectivity index (χ4v) is 5.52. The Labute approximate surface area is 211 Å². The van der Waals surface area contributed by atoms with Crippen LogP contribution in [0.2, 0.25) is 0 Å². The largest absolute Gasteiger partial charge is 0.437 e. The molecule has 4 heteroatoms. The van der Waals surface area contributed by atoms with Gasteiger partial charge in [-0.1, -0.05) is 70.2 Å². The number of pyridine rings is 1. The molecule has 36 heavy (non-hydrogen) atoms. The van der Waals surface area contributed by atoms with E-state index in [9.17, 15) is 0 Å². The van der Waals surface area contributed by atoms with Gasteiger partial charge >= 0.3 is 0 Å². The summed E-state index contributed by atoms with van der Waals surface area (Å²) in [6.07, 6.45) is 0. The second-order valence-electron chi connectivity index (χ2n) is 10.4. The summed E-state index contributed by atoms with van der Waals surface area (Å²) in [7, 11) is 0. The second-order valence-corrected chi connectivity index (χ2v) is 10.4. The Morgan fingerprint density at radius 3 is 2.19 bits per heavy atom. The second kappa shape index (κ2) is 8.34. The smallest absolute Gasteiger partial charge is 0.227 e. The summed E-state index contributed by atoms with van der Waals surface area (Å²) < 4.78 is 8.83. The molecule has 0 spiro atoms. The van der Waals surface area contributed by atoms with E-state index < -0.39 is 0 Å². The number of para-hydroxylation sites is 4. The molecule has 180 valence electrons. The van der Waals surface area contributed by atoms with E-state index in [1.807, 2.05) is 6.92 Å². The average molecular weight is 474 g/mol. The molecular formula is C32H31N3O. The standard InChI is InChI=1S/C32H31N3O/c1-18(2)22-11-9-12-23(19(3)4)29(22)35-27-16-8-7-15-26(27)34-31(35)25-14-10-13-24-28-20(5)17-21(6)33-32(28)36-30(24)25/h7-19H,1-6H3. The lowest BCUT2D eigenvalue weighted by Crippen LogP contribution is -2.08. The van der Waals surface area contributed by atoms with Gasteiger partial charge in [0.05, 0.1) is 27.7 Å². The van der Waals surface area contributed by atoms with Gasteiger partial charge in [-0.15, -0.1) is 0 Å². The predicted octanol–water partition coefficient (Wildman–Crippen LogP) is 8.85. The fourth-order valence-electron chi connectivity index (χ4n) is 5.52. The first kappa shape index (κ1) is 22.5. The topological polar surface area (TPSA) is 43.9 Å². The first-order valence-corrected chi connectivity index (χ1v) is 12.8. The van der Waals surface area contributed by atoms with Gasteiger partial charge in [-0.05, 0) is 66.6 Å². The number of aromatic nitrogens is 3. The lowest BCUT2D eigenvalue weighted by molar-refractivity contribution is 0.653. The van der Waals surface area contributed by atoms with Crippen molar-refractivity contribution in [1.29, 1.82) is 0 Å². The minimum Gasteiger partial charge on any atom is -0.437 e. The molecular weight excluding hydrogens is 442 g/mol. The quantitative estimate of drug-likeness (QED) is 0.257. The van der Waals surface area contributed by atoms with Gasteiger partial charge in [0.2, 0.25) is 5.71 Å². The van der Waals surface area contributed by atoms with Gasteiger partial charge < -0.3 is 4.42 Å². The molecule has 0 atom stereocenters. The number of rotatable bonds is 4. The normalized spacial score (nSPS) is 12.1. The van der Waals surface area contributed by atoms with Crippen LogP contribution >= 0.6 is 0 Å². The molecule has 0 radical (unpaired) electrons. The van der Waals surface area contributed by atoms with Gasteiger partial charge in [0, 0.05) is 11.1 Å². The average Bonchev–Trinajstić information content (AvgIpc) is 3.41. The fraction of sp³-hybridized carbons (Fsp3) is 0.250. The first-order valence-electron chi connectivity index (χ1n) is 12.8. The van der Waals surface area contributed by atoms with Crippen molar-refractivity contribution in [3.63, 3.8) is 0 Å². The number of fused-ring (bicyclic) bond motifs is 4. The summed E-state index contributed by atoms with van der Waals surface area (Å²) in [4.78, 5) is 9.92.